The molecule has 1 heterocycles. The lowest BCUT2D eigenvalue weighted by atomic mass is 10.2. The van der Waals surface area contributed by atoms with E-state index in [2.05, 4.69) is 10.1 Å². The molecule has 0 atom stereocenters. The highest BCUT2D eigenvalue weighted by Gasteiger charge is 2.32. The number of anilines is 1. The Morgan fingerprint density at radius 2 is 2.29 bits per heavy atom. The molecule has 0 amide bonds. The molecule has 9 heteroatoms. The van der Waals surface area contributed by atoms with E-state index in [1.165, 1.54) is 30.2 Å². The second-order valence-corrected chi connectivity index (χ2v) is 4.46. The smallest absolute Gasteiger partial charge is 0.356 e. The monoisotopic (exact) mass is 311 g/mol. The predicted octanol–water partition coefficient (Wildman–Crippen LogP) is 1.20. The summed E-state index contributed by atoms with van der Waals surface area (Å²) in [6, 6.07) is 3.96. The van der Waals surface area contributed by atoms with Gasteiger partial charge in [-0.25, -0.2) is 4.79 Å². The number of aldehydes is 1. The van der Waals surface area contributed by atoms with Crippen LogP contribution in [0.4, 0.5) is 11.4 Å². The van der Waals surface area contributed by atoms with Gasteiger partial charge in [0, 0.05) is 11.1 Å². The number of nitrogens with one attached hydrogen (secondary N) is 1. The number of halogens is 1. The number of rotatable bonds is 4. The minimum Gasteiger partial charge on any atom is -0.464 e. The topological polar surface area (TPSA) is 102 Å². The van der Waals surface area contributed by atoms with Crippen molar-refractivity contribution in [1.82, 2.24) is 5.32 Å². The van der Waals surface area contributed by atoms with Crippen molar-refractivity contribution in [1.29, 1.82) is 0 Å². The second kappa shape index (κ2) is 5.80. The van der Waals surface area contributed by atoms with Crippen LogP contribution in [-0.4, -0.2) is 31.0 Å². The molecule has 21 heavy (non-hydrogen) atoms. The third-order valence-corrected chi connectivity index (χ3v) is 3.12. The molecule has 0 aliphatic carbocycles. The Bertz CT molecular complexity index is 658. The summed E-state index contributed by atoms with van der Waals surface area (Å²) >= 11 is 5.85. The minimum absolute atomic E-state index is 0.0136. The number of hydrogen-bond acceptors (Lipinski definition) is 7. The third-order valence-electron chi connectivity index (χ3n) is 2.89. The van der Waals surface area contributed by atoms with Gasteiger partial charge in [0.1, 0.15) is 17.1 Å². The molecule has 110 valence electrons. The van der Waals surface area contributed by atoms with E-state index in [1.807, 2.05) is 0 Å². The van der Waals surface area contributed by atoms with Gasteiger partial charge in [-0.2, -0.15) is 0 Å². The van der Waals surface area contributed by atoms with Crippen LogP contribution in [0.15, 0.2) is 29.6 Å². The Balaban J connectivity index is 2.55. The van der Waals surface area contributed by atoms with Crippen LogP contribution in [0.5, 0.6) is 0 Å². The van der Waals surface area contributed by atoms with E-state index in [-0.39, 0.29) is 34.5 Å². The lowest BCUT2D eigenvalue weighted by Crippen LogP contribution is -2.25. The molecule has 1 aliphatic heterocycles. The lowest BCUT2D eigenvalue weighted by molar-refractivity contribution is -0.384. The fraction of sp³-hybridized carbons (Fsp3) is 0.167. The second-order valence-electron chi connectivity index (χ2n) is 4.02. The van der Waals surface area contributed by atoms with Crippen LogP contribution in [0.25, 0.3) is 0 Å². The molecule has 0 aromatic heterocycles. The Morgan fingerprint density at radius 1 is 1.57 bits per heavy atom. The van der Waals surface area contributed by atoms with E-state index in [1.54, 1.807) is 0 Å². The summed E-state index contributed by atoms with van der Waals surface area (Å²) in [5.41, 5.74) is -0.221. The van der Waals surface area contributed by atoms with Crippen molar-refractivity contribution in [2.75, 3.05) is 18.7 Å². The van der Waals surface area contributed by atoms with E-state index in [0.29, 0.717) is 6.29 Å². The summed E-state index contributed by atoms with van der Waals surface area (Å²) in [5.74, 6) is -0.732. The van der Waals surface area contributed by atoms with Crippen molar-refractivity contribution in [3.8, 4) is 0 Å². The molecule has 2 rings (SSSR count). The number of methoxy groups -OCH3 is 1. The molecule has 8 nitrogen and oxygen atoms in total. The third kappa shape index (κ3) is 2.65. The highest BCUT2D eigenvalue weighted by Crippen LogP contribution is 2.34. The van der Waals surface area contributed by atoms with Crippen molar-refractivity contribution in [3.63, 3.8) is 0 Å². The van der Waals surface area contributed by atoms with Crippen LogP contribution in [0.1, 0.15) is 0 Å². The molecule has 0 saturated carbocycles. The zero-order valence-electron chi connectivity index (χ0n) is 10.8. The Kier molecular flexibility index (Phi) is 4.08. The average molecular weight is 312 g/mol. The Morgan fingerprint density at radius 3 is 2.86 bits per heavy atom. The van der Waals surface area contributed by atoms with Gasteiger partial charge in [-0.05, 0) is 12.1 Å². The number of carbonyl (C=O) groups excluding carboxylic acids is 2. The van der Waals surface area contributed by atoms with Gasteiger partial charge in [-0.15, -0.1) is 0 Å². The standard InChI is InChI=1S/C12H10ClN3O5/c1-21-12(18)11-10(5-17)15(6-14-11)9-4-7(13)2-3-8(9)16(19)20/h2-5,14H,6H2,1H3. The number of benzene rings is 1. The first kappa shape index (κ1) is 14.8. The molecule has 1 aromatic rings. The van der Waals surface area contributed by atoms with Gasteiger partial charge in [-0.3, -0.25) is 14.9 Å². The Hall–Kier alpha value is -2.61. The zero-order chi connectivity index (χ0) is 15.6. The van der Waals surface area contributed by atoms with Crippen LogP contribution < -0.4 is 10.2 Å². The molecule has 1 N–H and O–H groups in total. The molecule has 0 spiro atoms. The molecule has 0 unspecified atom stereocenters. The van der Waals surface area contributed by atoms with Crippen LogP contribution in [-0.2, 0) is 14.3 Å². The van der Waals surface area contributed by atoms with Gasteiger partial charge in [0.2, 0.25) is 0 Å². The van der Waals surface area contributed by atoms with Gasteiger partial charge < -0.3 is 15.0 Å². The molecule has 0 bridgehead atoms. The summed E-state index contributed by atoms with van der Waals surface area (Å²) in [4.78, 5) is 34.6. The van der Waals surface area contributed by atoms with E-state index in [0.717, 1.165) is 0 Å². The summed E-state index contributed by atoms with van der Waals surface area (Å²) in [7, 11) is 1.17. The van der Waals surface area contributed by atoms with E-state index in [9.17, 15) is 19.7 Å². The molecular formula is C12H10ClN3O5. The fourth-order valence-electron chi connectivity index (χ4n) is 1.95. The van der Waals surface area contributed by atoms with Crippen molar-refractivity contribution < 1.29 is 19.2 Å². The Labute approximate surface area is 124 Å². The maximum atomic E-state index is 11.6. The summed E-state index contributed by atoms with van der Waals surface area (Å²) < 4.78 is 4.55. The van der Waals surface area contributed by atoms with E-state index in [4.69, 9.17) is 11.6 Å². The predicted molar refractivity (Wildman–Crippen MR) is 73.7 cm³/mol. The van der Waals surface area contributed by atoms with Gasteiger partial charge in [-0.1, -0.05) is 11.6 Å². The normalized spacial score (nSPS) is 13.9. The number of nitro benzene ring substituents is 1. The SMILES string of the molecule is COC(=O)C1=C(C=O)N(c2cc(Cl)ccc2[N+](=O)[O-])CN1. The van der Waals surface area contributed by atoms with Gasteiger partial charge >= 0.3 is 5.97 Å². The summed E-state index contributed by atoms with van der Waals surface area (Å²) in [6.07, 6.45) is 0.427. The zero-order valence-corrected chi connectivity index (χ0v) is 11.6. The van der Waals surface area contributed by atoms with Crippen LogP contribution in [0.3, 0.4) is 0 Å². The van der Waals surface area contributed by atoms with Crippen molar-refractivity contribution in [2.45, 2.75) is 0 Å². The first-order valence-electron chi connectivity index (χ1n) is 5.72. The van der Waals surface area contributed by atoms with E-state index >= 15 is 0 Å². The largest absolute Gasteiger partial charge is 0.464 e. The maximum absolute atomic E-state index is 11.6. The highest BCUT2D eigenvalue weighted by molar-refractivity contribution is 6.31. The highest BCUT2D eigenvalue weighted by atomic mass is 35.5. The van der Waals surface area contributed by atoms with Crippen molar-refractivity contribution in [2.24, 2.45) is 0 Å². The maximum Gasteiger partial charge on any atom is 0.356 e. The molecule has 0 fully saturated rings. The quantitative estimate of drug-likeness (QED) is 0.386. The lowest BCUT2D eigenvalue weighted by Gasteiger charge is -2.18. The van der Waals surface area contributed by atoms with E-state index < -0.39 is 10.9 Å². The minimum atomic E-state index is -0.732. The van der Waals surface area contributed by atoms with Crippen LogP contribution in [0.2, 0.25) is 5.02 Å². The molecule has 0 saturated heterocycles. The molecule has 1 aliphatic rings. The first-order chi connectivity index (χ1) is 9.99. The molecular weight excluding hydrogens is 302 g/mol. The number of esters is 1. The average Bonchev–Trinajstić information content (AvgIpc) is 2.89. The fourth-order valence-corrected chi connectivity index (χ4v) is 2.12. The van der Waals surface area contributed by atoms with Crippen molar-refractivity contribution >= 4 is 35.2 Å². The van der Waals surface area contributed by atoms with Crippen LogP contribution in [0, 0.1) is 10.1 Å². The van der Waals surface area contributed by atoms with Gasteiger partial charge in [0.15, 0.2) is 6.29 Å². The number of nitrogens with zero attached hydrogens (tertiary/aromatic N) is 2. The van der Waals surface area contributed by atoms with Gasteiger partial charge in [0.25, 0.3) is 5.69 Å². The van der Waals surface area contributed by atoms with Crippen molar-refractivity contribution in [3.05, 3.63) is 44.7 Å². The molecule has 0 radical (unpaired) electrons. The first-order valence-corrected chi connectivity index (χ1v) is 6.10. The van der Waals surface area contributed by atoms with Gasteiger partial charge in [0.05, 0.1) is 18.7 Å². The number of hydrogen-bond donors (Lipinski definition) is 1. The molecule has 1 aromatic carbocycles. The number of carbonyl (C=O) groups is 2. The number of ether oxygens (including phenoxy) is 1. The van der Waals surface area contributed by atoms with Crippen LogP contribution >= 0.6 is 11.6 Å². The summed E-state index contributed by atoms with van der Waals surface area (Å²) in [6.45, 7) is 0.0136. The summed E-state index contributed by atoms with van der Waals surface area (Å²) in [5, 5.41) is 14.0. The number of nitro groups is 1. The number of allylic oxidation sites excluding steroid dienone is 1.